The van der Waals surface area contributed by atoms with Gasteiger partial charge in [0, 0.05) is 13.3 Å². The Labute approximate surface area is 218 Å². The van der Waals surface area contributed by atoms with Gasteiger partial charge in [0.25, 0.3) is 0 Å². The van der Waals surface area contributed by atoms with Crippen molar-refractivity contribution in [1.82, 2.24) is 0 Å². The SMILES string of the molecule is CC(=O)O[C@H](C)[C@](O)(Cc1ccc(O)cc1)C(=O)OCc1ccc(O[C@H]2O[C@@H](CO)[C@H](O)[C@@H](O)[C@@H]2O)cc1. The topological polar surface area (TPSA) is 192 Å². The minimum Gasteiger partial charge on any atom is -0.508 e. The Bertz CT molecular complexity index is 1070. The van der Waals surface area contributed by atoms with E-state index in [1.54, 1.807) is 12.1 Å². The average molecular weight is 537 g/mol. The molecule has 208 valence electrons. The average Bonchev–Trinajstić information content (AvgIpc) is 2.89. The van der Waals surface area contributed by atoms with Gasteiger partial charge in [-0.3, -0.25) is 4.79 Å². The lowest BCUT2D eigenvalue weighted by Gasteiger charge is -2.39. The van der Waals surface area contributed by atoms with Gasteiger partial charge in [0.15, 0.2) is 0 Å². The molecule has 7 atom stereocenters. The predicted molar refractivity (Wildman–Crippen MR) is 129 cm³/mol. The second-order valence-corrected chi connectivity index (χ2v) is 9.05. The molecule has 12 nitrogen and oxygen atoms in total. The molecular weight excluding hydrogens is 504 g/mol. The number of benzene rings is 2. The molecule has 1 fully saturated rings. The van der Waals surface area contributed by atoms with Gasteiger partial charge in [-0.15, -0.1) is 0 Å². The molecular formula is C26H32O12. The summed E-state index contributed by atoms with van der Waals surface area (Å²) in [5, 5.41) is 59.9. The molecule has 2 aromatic rings. The normalized spacial score (nSPS) is 25.6. The molecule has 1 aliphatic rings. The van der Waals surface area contributed by atoms with Crippen LogP contribution < -0.4 is 4.74 Å². The van der Waals surface area contributed by atoms with E-state index in [2.05, 4.69) is 0 Å². The van der Waals surface area contributed by atoms with Crippen molar-refractivity contribution in [2.24, 2.45) is 0 Å². The number of aromatic hydroxyl groups is 1. The smallest absolute Gasteiger partial charge is 0.342 e. The summed E-state index contributed by atoms with van der Waals surface area (Å²) in [7, 11) is 0. The molecule has 6 N–H and O–H groups in total. The number of carbonyl (C=O) groups excluding carboxylic acids is 2. The summed E-state index contributed by atoms with van der Waals surface area (Å²) in [6, 6.07) is 11.9. The van der Waals surface area contributed by atoms with Gasteiger partial charge < -0.3 is 49.6 Å². The van der Waals surface area contributed by atoms with E-state index >= 15 is 0 Å². The van der Waals surface area contributed by atoms with Crippen LogP contribution in [-0.2, 0) is 36.8 Å². The molecule has 0 amide bonds. The predicted octanol–water partition coefficient (Wildman–Crippen LogP) is -0.460. The Balaban J connectivity index is 1.65. The lowest BCUT2D eigenvalue weighted by molar-refractivity contribution is -0.277. The van der Waals surface area contributed by atoms with E-state index in [0.717, 1.165) is 6.92 Å². The van der Waals surface area contributed by atoms with Crippen molar-refractivity contribution >= 4 is 11.9 Å². The number of carbonyl (C=O) groups is 2. The fraction of sp³-hybridized carbons (Fsp3) is 0.462. The molecule has 0 aliphatic carbocycles. The van der Waals surface area contributed by atoms with Gasteiger partial charge in [-0.25, -0.2) is 4.79 Å². The number of esters is 2. The summed E-state index contributed by atoms with van der Waals surface area (Å²) < 4.78 is 21.2. The molecule has 1 aliphatic heterocycles. The van der Waals surface area contributed by atoms with Crippen molar-refractivity contribution in [3.05, 3.63) is 59.7 Å². The zero-order valence-corrected chi connectivity index (χ0v) is 20.8. The third kappa shape index (κ3) is 6.98. The number of rotatable bonds is 10. The highest BCUT2D eigenvalue weighted by Crippen LogP contribution is 2.26. The summed E-state index contributed by atoms with van der Waals surface area (Å²) in [6.45, 7) is 1.68. The third-order valence-corrected chi connectivity index (χ3v) is 6.17. The quantitative estimate of drug-likeness (QED) is 0.214. The molecule has 2 aromatic carbocycles. The van der Waals surface area contributed by atoms with E-state index in [9.17, 15) is 40.2 Å². The zero-order valence-electron chi connectivity index (χ0n) is 20.8. The summed E-state index contributed by atoms with van der Waals surface area (Å²) >= 11 is 0. The molecule has 0 unspecified atom stereocenters. The Hall–Kier alpha value is -3.26. The number of aliphatic hydroxyl groups excluding tert-OH is 4. The number of phenols is 1. The van der Waals surface area contributed by atoms with Gasteiger partial charge in [-0.2, -0.15) is 0 Å². The van der Waals surface area contributed by atoms with E-state index in [1.165, 1.54) is 43.3 Å². The summed E-state index contributed by atoms with van der Waals surface area (Å²) in [6.07, 6.45) is -8.62. The maximum Gasteiger partial charge on any atom is 0.342 e. The highest BCUT2D eigenvalue weighted by molar-refractivity contribution is 5.81. The highest BCUT2D eigenvalue weighted by Gasteiger charge is 2.46. The fourth-order valence-corrected chi connectivity index (χ4v) is 3.89. The van der Waals surface area contributed by atoms with Crippen LogP contribution in [0.15, 0.2) is 48.5 Å². The first-order valence-corrected chi connectivity index (χ1v) is 11.9. The van der Waals surface area contributed by atoms with Crippen molar-refractivity contribution < 1.29 is 59.2 Å². The van der Waals surface area contributed by atoms with E-state index in [0.29, 0.717) is 11.1 Å². The van der Waals surface area contributed by atoms with Gasteiger partial charge in [-0.1, -0.05) is 24.3 Å². The Morgan fingerprint density at radius 2 is 1.58 bits per heavy atom. The molecule has 0 saturated carbocycles. The summed E-state index contributed by atoms with van der Waals surface area (Å²) in [4.78, 5) is 24.4. The summed E-state index contributed by atoms with van der Waals surface area (Å²) in [5.74, 6) is -1.49. The first-order chi connectivity index (χ1) is 17.9. The third-order valence-electron chi connectivity index (χ3n) is 6.17. The fourth-order valence-electron chi connectivity index (χ4n) is 3.89. The van der Waals surface area contributed by atoms with Gasteiger partial charge in [-0.05, 0) is 42.3 Å². The van der Waals surface area contributed by atoms with Crippen LogP contribution >= 0.6 is 0 Å². The molecule has 1 saturated heterocycles. The minimum atomic E-state index is -2.21. The van der Waals surface area contributed by atoms with Gasteiger partial charge >= 0.3 is 11.9 Å². The zero-order chi connectivity index (χ0) is 28.0. The number of phenolic OH excluding ortho intramolecular Hbond substituents is 1. The van der Waals surface area contributed by atoms with Crippen LogP contribution in [0.1, 0.15) is 25.0 Å². The number of ether oxygens (including phenoxy) is 4. The van der Waals surface area contributed by atoms with Gasteiger partial charge in [0.05, 0.1) is 6.61 Å². The molecule has 3 rings (SSSR count). The lowest BCUT2D eigenvalue weighted by Crippen LogP contribution is -2.60. The van der Waals surface area contributed by atoms with Gasteiger partial charge in [0.2, 0.25) is 11.9 Å². The Morgan fingerprint density at radius 1 is 0.974 bits per heavy atom. The van der Waals surface area contributed by atoms with Crippen LogP contribution in [0.4, 0.5) is 0 Å². The molecule has 12 heteroatoms. The van der Waals surface area contributed by atoms with Gasteiger partial charge in [0.1, 0.15) is 48.6 Å². The molecule has 0 spiro atoms. The summed E-state index contributed by atoms with van der Waals surface area (Å²) in [5.41, 5.74) is -1.21. The lowest BCUT2D eigenvalue weighted by atomic mass is 9.89. The maximum absolute atomic E-state index is 13.0. The van der Waals surface area contributed by atoms with Crippen molar-refractivity contribution in [3.63, 3.8) is 0 Å². The number of hydrogen-bond acceptors (Lipinski definition) is 12. The van der Waals surface area contributed by atoms with Crippen LogP contribution in [0.2, 0.25) is 0 Å². The van der Waals surface area contributed by atoms with E-state index in [1.807, 2.05) is 0 Å². The Kier molecular flexibility index (Phi) is 9.66. The van der Waals surface area contributed by atoms with Crippen LogP contribution in [0, 0.1) is 0 Å². The molecule has 0 radical (unpaired) electrons. The molecule has 1 heterocycles. The maximum atomic E-state index is 13.0. The van der Waals surface area contributed by atoms with Crippen molar-refractivity contribution in [2.75, 3.05) is 6.61 Å². The highest BCUT2D eigenvalue weighted by atomic mass is 16.7. The largest absolute Gasteiger partial charge is 0.508 e. The van der Waals surface area contributed by atoms with E-state index in [-0.39, 0.29) is 24.5 Å². The first-order valence-electron chi connectivity index (χ1n) is 11.9. The Morgan fingerprint density at radius 3 is 2.16 bits per heavy atom. The van der Waals surface area contributed by atoms with Crippen LogP contribution in [0.5, 0.6) is 11.5 Å². The molecule has 0 bridgehead atoms. The first kappa shape index (κ1) is 29.3. The monoisotopic (exact) mass is 536 g/mol. The number of hydrogen-bond donors (Lipinski definition) is 6. The van der Waals surface area contributed by atoms with Crippen molar-refractivity contribution in [1.29, 1.82) is 0 Å². The minimum absolute atomic E-state index is 0.00636. The number of aliphatic hydroxyl groups is 5. The second-order valence-electron chi connectivity index (χ2n) is 9.05. The van der Waals surface area contributed by atoms with Crippen LogP contribution in [-0.4, -0.2) is 91.6 Å². The van der Waals surface area contributed by atoms with E-state index in [4.69, 9.17) is 18.9 Å². The molecule has 38 heavy (non-hydrogen) atoms. The second kappa shape index (κ2) is 12.5. The van der Waals surface area contributed by atoms with Crippen molar-refractivity contribution in [2.45, 2.75) is 69.3 Å². The van der Waals surface area contributed by atoms with Crippen molar-refractivity contribution in [3.8, 4) is 11.5 Å². The van der Waals surface area contributed by atoms with Crippen LogP contribution in [0.3, 0.4) is 0 Å². The van der Waals surface area contributed by atoms with E-state index < -0.39 is 61.0 Å². The standard InChI is InChI=1S/C26H32O12/c1-14(36-15(2)28)26(34,11-16-3-7-18(29)8-4-16)25(33)35-13-17-5-9-19(10-6-17)37-24-23(32)22(31)21(30)20(12-27)38-24/h3-10,14,20-24,27,29-32,34H,11-13H2,1-2H3/t14-,20+,21+,22-,23+,24+,26-/m1/s1. The molecule has 0 aromatic heterocycles. The van der Waals surface area contributed by atoms with Crippen LogP contribution in [0.25, 0.3) is 0 Å².